The van der Waals surface area contributed by atoms with E-state index in [2.05, 4.69) is 15.6 Å². The zero-order valence-corrected chi connectivity index (χ0v) is 20.7. The normalized spacial score (nSPS) is 15.1. The first-order valence-corrected chi connectivity index (χ1v) is 13.2. The van der Waals surface area contributed by atoms with Gasteiger partial charge in [-0.15, -0.1) is 23.1 Å². The van der Waals surface area contributed by atoms with Crippen LogP contribution < -0.4 is 10.6 Å². The van der Waals surface area contributed by atoms with Crippen LogP contribution in [-0.4, -0.2) is 22.0 Å². The van der Waals surface area contributed by atoms with E-state index in [1.807, 2.05) is 60.8 Å². The van der Waals surface area contributed by atoms with Crippen LogP contribution in [0.15, 0.2) is 58.8 Å². The van der Waals surface area contributed by atoms with Crippen LogP contribution >= 0.6 is 34.7 Å². The summed E-state index contributed by atoms with van der Waals surface area (Å²) in [4.78, 5) is 30.6. The van der Waals surface area contributed by atoms with Gasteiger partial charge in [0.2, 0.25) is 11.8 Å². The summed E-state index contributed by atoms with van der Waals surface area (Å²) in [6, 6.07) is 15.1. The van der Waals surface area contributed by atoms with E-state index >= 15 is 0 Å². The lowest BCUT2D eigenvalue weighted by Crippen LogP contribution is -2.24. The van der Waals surface area contributed by atoms with E-state index in [0.717, 1.165) is 47.5 Å². The van der Waals surface area contributed by atoms with Crippen molar-refractivity contribution in [2.45, 2.75) is 49.2 Å². The lowest BCUT2D eigenvalue weighted by molar-refractivity contribution is -0.120. The summed E-state index contributed by atoms with van der Waals surface area (Å²) in [5, 5.41) is 8.79. The van der Waals surface area contributed by atoms with Gasteiger partial charge in [-0.25, -0.2) is 4.98 Å². The second-order valence-electron chi connectivity index (χ2n) is 8.14. The van der Waals surface area contributed by atoms with Crippen molar-refractivity contribution in [1.82, 2.24) is 4.98 Å². The van der Waals surface area contributed by atoms with Gasteiger partial charge in [-0.1, -0.05) is 43.0 Å². The predicted molar refractivity (Wildman–Crippen MR) is 138 cm³/mol. The van der Waals surface area contributed by atoms with Crippen molar-refractivity contribution in [3.8, 4) is 11.3 Å². The molecule has 172 valence electrons. The van der Waals surface area contributed by atoms with Crippen LogP contribution in [0.3, 0.4) is 0 Å². The fraction of sp³-hybridized carbons (Fsp3) is 0.320. The first-order chi connectivity index (χ1) is 16.0. The number of aromatic nitrogens is 1. The minimum atomic E-state index is -0.296. The Labute approximate surface area is 207 Å². The highest BCUT2D eigenvalue weighted by molar-refractivity contribution is 8.00. The van der Waals surface area contributed by atoms with E-state index in [1.54, 1.807) is 0 Å². The third-order valence-electron chi connectivity index (χ3n) is 5.65. The molecule has 0 radical (unpaired) electrons. The number of nitrogens with zero attached hydrogens (tertiary/aromatic N) is 1. The highest BCUT2D eigenvalue weighted by atomic mass is 35.5. The van der Waals surface area contributed by atoms with E-state index in [9.17, 15) is 9.59 Å². The van der Waals surface area contributed by atoms with E-state index in [1.165, 1.54) is 29.5 Å². The number of anilines is 2. The molecule has 1 aliphatic rings. The topological polar surface area (TPSA) is 71.1 Å². The number of carbonyl (C=O) groups excluding carboxylic acids is 2. The zero-order chi connectivity index (χ0) is 23.2. The van der Waals surface area contributed by atoms with Gasteiger partial charge in [-0.05, 0) is 56.2 Å². The molecule has 1 unspecified atom stereocenters. The van der Waals surface area contributed by atoms with Crippen molar-refractivity contribution < 1.29 is 9.59 Å². The van der Waals surface area contributed by atoms with Crippen LogP contribution in [0.5, 0.6) is 0 Å². The van der Waals surface area contributed by atoms with Crippen molar-refractivity contribution in [3.63, 3.8) is 0 Å². The van der Waals surface area contributed by atoms with Crippen molar-refractivity contribution >= 4 is 57.3 Å². The Morgan fingerprint density at radius 1 is 1.03 bits per heavy atom. The Balaban J connectivity index is 1.29. The van der Waals surface area contributed by atoms with Gasteiger partial charge in [0.1, 0.15) is 0 Å². The molecule has 1 aromatic heterocycles. The number of halogens is 1. The Morgan fingerprint density at radius 3 is 2.42 bits per heavy atom. The lowest BCUT2D eigenvalue weighted by Gasteiger charge is -2.20. The Morgan fingerprint density at radius 2 is 1.73 bits per heavy atom. The average Bonchev–Trinajstić information content (AvgIpc) is 3.29. The fourth-order valence-electron chi connectivity index (χ4n) is 3.77. The summed E-state index contributed by atoms with van der Waals surface area (Å²) < 4.78 is 0. The van der Waals surface area contributed by atoms with Gasteiger partial charge in [0.25, 0.3) is 0 Å². The van der Waals surface area contributed by atoms with Gasteiger partial charge in [0.05, 0.1) is 10.9 Å². The summed E-state index contributed by atoms with van der Waals surface area (Å²) >= 11 is 8.80. The molecule has 5 nitrogen and oxygen atoms in total. The van der Waals surface area contributed by atoms with Crippen LogP contribution in [-0.2, 0) is 9.59 Å². The number of rotatable bonds is 7. The molecule has 8 heteroatoms. The largest absolute Gasteiger partial charge is 0.326 e. The Hall–Kier alpha value is -2.35. The molecule has 0 bridgehead atoms. The minimum Gasteiger partial charge on any atom is -0.326 e. The number of thiazole rings is 1. The quantitative estimate of drug-likeness (QED) is 0.340. The molecule has 1 heterocycles. The number of benzene rings is 2. The first kappa shape index (κ1) is 23.8. The Kier molecular flexibility index (Phi) is 8.06. The summed E-state index contributed by atoms with van der Waals surface area (Å²) in [7, 11) is 0. The first-order valence-electron chi connectivity index (χ1n) is 11.1. The maximum atomic E-state index is 12.7. The molecular weight excluding hydrogens is 474 g/mol. The lowest BCUT2D eigenvalue weighted by atomic mass is 9.88. The van der Waals surface area contributed by atoms with Gasteiger partial charge in [0, 0.05) is 32.5 Å². The van der Waals surface area contributed by atoms with Crippen LogP contribution in [0.1, 0.15) is 39.0 Å². The van der Waals surface area contributed by atoms with E-state index in [0.29, 0.717) is 10.2 Å². The van der Waals surface area contributed by atoms with E-state index < -0.39 is 0 Å². The Bertz CT molecular complexity index is 1090. The molecule has 2 amide bonds. The highest BCUT2D eigenvalue weighted by Crippen LogP contribution is 2.29. The SMILES string of the molecule is CC(Sc1ccc(NC(=O)C2CCCCC2)cc1)C(=O)Nc1nc(-c2ccc(Cl)cc2)cs1. The minimum absolute atomic E-state index is 0.105. The second-order valence-corrected chi connectivity index (χ2v) is 10.9. The zero-order valence-electron chi connectivity index (χ0n) is 18.3. The maximum Gasteiger partial charge on any atom is 0.239 e. The second kappa shape index (κ2) is 11.2. The van der Waals surface area contributed by atoms with Crippen molar-refractivity contribution in [3.05, 3.63) is 58.9 Å². The fourth-order valence-corrected chi connectivity index (χ4v) is 5.49. The maximum absolute atomic E-state index is 12.7. The smallest absolute Gasteiger partial charge is 0.239 e. The summed E-state index contributed by atoms with van der Waals surface area (Å²) in [6.45, 7) is 1.87. The van der Waals surface area contributed by atoms with Crippen LogP contribution in [0.2, 0.25) is 5.02 Å². The molecular formula is C25H26ClN3O2S2. The monoisotopic (exact) mass is 499 g/mol. The summed E-state index contributed by atoms with van der Waals surface area (Å²) in [6.07, 6.45) is 5.46. The third kappa shape index (κ3) is 6.59. The number of thioether (sulfide) groups is 1. The van der Waals surface area contributed by atoms with Gasteiger partial charge in [0.15, 0.2) is 5.13 Å². The van der Waals surface area contributed by atoms with Gasteiger partial charge in [-0.3, -0.25) is 9.59 Å². The number of carbonyl (C=O) groups is 2. The van der Waals surface area contributed by atoms with Gasteiger partial charge in [-0.2, -0.15) is 0 Å². The standard InChI is InChI=1S/C25H26ClN3O2S2/c1-16(23(30)29-25-28-22(15-32-25)17-7-9-19(26)10-8-17)33-21-13-11-20(12-14-21)27-24(31)18-5-3-2-4-6-18/h7-16,18H,2-6H2,1H3,(H,27,31)(H,28,29,30). The molecule has 2 aromatic carbocycles. The van der Waals surface area contributed by atoms with Crippen LogP contribution in [0.4, 0.5) is 10.8 Å². The van der Waals surface area contributed by atoms with Gasteiger partial charge < -0.3 is 10.6 Å². The predicted octanol–water partition coefficient (Wildman–Crippen LogP) is 7.10. The number of hydrogen-bond donors (Lipinski definition) is 2. The van der Waals surface area contributed by atoms with E-state index in [-0.39, 0.29) is 23.0 Å². The van der Waals surface area contributed by atoms with Crippen LogP contribution in [0.25, 0.3) is 11.3 Å². The molecule has 1 fully saturated rings. The number of amides is 2. The summed E-state index contributed by atoms with van der Waals surface area (Å²) in [5.41, 5.74) is 2.55. The molecule has 0 spiro atoms. The number of hydrogen-bond acceptors (Lipinski definition) is 5. The van der Waals surface area contributed by atoms with Crippen molar-refractivity contribution in [2.24, 2.45) is 5.92 Å². The molecule has 2 N–H and O–H groups in total. The third-order valence-corrected chi connectivity index (χ3v) is 7.78. The van der Waals surface area contributed by atoms with Gasteiger partial charge >= 0.3 is 0 Å². The van der Waals surface area contributed by atoms with Crippen molar-refractivity contribution in [2.75, 3.05) is 10.6 Å². The van der Waals surface area contributed by atoms with E-state index in [4.69, 9.17) is 11.6 Å². The molecule has 4 rings (SSSR count). The highest BCUT2D eigenvalue weighted by Gasteiger charge is 2.21. The molecule has 33 heavy (non-hydrogen) atoms. The molecule has 3 aromatic rings. The average molecular weight is 500 g/mol. The molecule has 0 saturated heterocycles. The number of nitrogens with one attached hydrogen (secondary N) is 2. The van der Waals surface area contributed by atoms with Crippen LogP contribution in [0, 0.1) is 5.92 Å². The van der Waals surface area contributed by atoms with Crippen molar-refractivity contribution in [1.29, 1.82) is 0 Å². The molecule has 1 saturated carbocycles. The molecule has 1 aliphatic carbocycles. The summed E-state index contributed by atoms with van der Waals surface area (Å²) in [5.74, 6) is 0.138. The molecule has 1 atom stereocenters. The molecule has 0 aliphatic heterocycles.